The molecule has 2 aliphatic carbocycles. The number of hydrogen-bond donors (Lipinski definition) is 0. The second-order valence-electron chi connectivity index (χ2n) is 20.0. The van der Waals surface area contributed by atoms with Gasteiger partial charge in [-0.1, -0.05) is 215 Å². The molecule has 13 rings (SSSR count). The van der Waals surface area contributed by atoms with Gasteiger partial charge in [0, 0.05) is 50.7 Å². The second kappa shape index (κ2) is 18.6. The molecule has 0 amide bonds. The fraction of sp³-hybridized carbons (Fsp3) is 0.0571. The predicted octanol–water partition coefficient (Wildman–Crippen LogP) is 16.8. The molecule has 0 saturated carbocycles. The summed E-state index contributed by atoms with van der Waals surface area (Å²) in [6.07, 6.45) is 0. The summed E-state index contributed by atoms with van der Waals surface area (Å²) in [7, 11) is 0. The molecule has 2 aliphatic rings. The first-order chi connectivity index (χ1) is 37.3. The lowest BCUT2D eigenvalue weighted by atomic mass is 9.66. The van der Waals surface area contributed by atoms with Gasteiger partial charge in [0.15, 0.2) is 11.6 Å². The molecule has 362 valence electrons. The van der Waals surface area contributed by atoms with E-state index in [1.165, 1.54) is 16.7 Å². The monoisotopic (exact) mass is 977 g/mol. The highest BCUT2D eigenvalue weighted by atomic mass is 16.1. The van der Waals surface area contributed by atoms with E-state index in [9.17, 15) is 0 Å². The van der Waals surface area contributed by atoms with Crippen LogP contribution in [-0.4, -0.2) is 20.7 Å². The molecule has 1 unspecified atom stereocenters. The molecule has 1 aromatic heterocycles. The van der Waals surface area contributed by atoms with Crippen molar-refractivity contribution in [3.05, 3.63) is 324 Å². The lowest BCUT2D eigenvalue weighted by Crippen LogP contribution is -2.36. The molecule has 1 heterocycles. The Kier molecular flexibility index (Phi) is 11.3. The highest BCUT2D eigenvalue weighted by Gasteiger charge is 2.54. The van der Waals surface area contributed by atoms with E-state index in [4.69, 9.17) is 15.0 Å². The Labute approximate surface area is 443 Å². The van der Waals surface area contributed by atoms with Gasteiger partial charge < -0.3 is 9.80 Å². The molecule has 11 aromatic rings. The van der Waals surface area contributed by atoms with Crippen LogP contribution >= 0.6 is 0 Å². The number of aromatic nitrogens is 3. The van der Waals surface area contributed by atoms with Crippen molar-refractivity contribution in [2.24, 2.45) is 0 Å². The first kappa shape index (κ1) is 46.0. The number of carbonyl (C=O) groups is 1. The van der Waals surface area contributed by atoms with Gasteiger partial charge in [0.05, 0.1) is 0 Å². The standard InChI is InChI=1S/C70H51N5O/c1-47(48-26-10-4-11-27-48)66-71-67(65(76)49-28-12-5-13-29-49)73-68(72-66)70(62-41-25-23-39-58(62)60-43-42-59-57-38-22-24-40-61(57)69(2,3)63(59)64(60)70)50-44-55(74(51-30-14-6-15-31-51)52-32-16-7-17-33-52)46-56(45-50)75(53-34-18-8-19-35-53)54-36-20-9-21-37-54/h4-46H,1H2,2-3H3. The zero-order valence-electron chi connectivity index (χ0n) is 42.2. The Hall–Kier alpha value is -9.78. The van der Waals surface area contributed by atoms with E-state index < -0.39 is 10.8 Å². The van der Waals surface area contributed by atoms with E-state index in [0.717, 1.165) is 73.1 Å². The van der Waals surface area contributed by atoms with Crippen LogP contribution in [0, 0.1) is 0 Å². The van der Waals surface area contributed by atoms with Crippen molar-refractivity contribution < 1.29 is 4.79 Å². The summed E-state index contributed by atoms with van der Waals surface area (Å²) >= 11 is 0. The van der Waals surface area contributed by atoms with E-state index in [0.29, 0.717) is 22.8 Å². The van der Waals surface area contributed by atoms with Gasteiger partial charge in [-0.15, -0.1) is 0 Å². The largest absolute Gasteiger partial charge is 0.310 e. The van der Waals surface area contributed by atoms with Gasteiger partial charge in [0.2, 0.25) is 11.6 Å². The van der Waals surface area contributed by atoms with Crippen LogP contribution in [0.3, 0.4) is 0 Å². The smallest absolute Gasteiger partial charge is 0.230 e. The number of nitrogens with zero attached hydrogens (tertiary/aromatic N) is 5. The summed E-state index contributed by atoms with van der Waals surface area (Å²) in [5, 5.41) is 0. The molecule has 0 aliphatic heterocycles. The maximum atomic E-state index is 15.2. The molecule has 1 atom stereocenters. The number of ketones is 1. The minimum atomic E-state index is -1.29. The third kappa shape index (κ3) is 7.48. The quantitative estimate of drug-likeness (QED) is 0.114. The maximum Gasteiger partial charge on any atom is 0.230 e. The Morgan fingerprint density at radius 2 is 0.776 bits per heavy atom. The van der Waals surface area contributed by atoms with Gasteiger partial charge in [-0.2, -0.15) is 0 Å². The van der Waals surface area contributed by atoms with Gasteiger partial charge in [-0.3, -0.25) is 4.79 Å². The number of benzene rings is 10. The third-order valence-electron chi connectivity index (χ3n) is 15.2. The van der Waals surface area contributed by atoms with E-state index in [-0.39, 0.29) is 11.6 Å². The summed E-state index contributed by atoms with van der Waals surface area (Å²) in [4.78, 5) is 36.3. The van der Waals surface area contributed by atoms with Crippen LogP contribution in [0.15, 0.2) is 267 Å². The first-order valence-corrected chi connectivity index (χ1v) is 25.8. The molecule has 0 saturated heterocycles. The molecule has 6 nitrogen and oxygen atoms in total. The summed E-state index contributed by atoms with van der Waals surface area (Å²) in [6, 6.07) is 90.4. The van der Waals surface area contributed by atoms with E-state index >= 15 is 4.79 Å². The Morgan fingerprint density at radius 3 is 1.28 bits per heavy atom. The summed E-state index contributed by atoms with van der Waals surface area (Å²) in [6.45, 7) is 9.34. The van der Waals surface area contributed by atoms with Crippen LogP contribution in [0.25, 0.3) is 27.8 Å². The van der Waals surface area contributed by atoms with Crippen molar-refractivity contribution >= 4 is 45.5 Å². The Balaban J connectivity index is 1.23. The lowest BCUT2D eigenvalue weighted by Gasteiger charge is -2.38. The highest BCUT2D eigenvalue weighted by Crippen LogP contribution is 2.63. The fourth-order valence-electron chi connectivity index (χ4n) is 11.9. The van der Waals surface area contributed by atoms with Crippen molar-refractivity contribution in [1.29, 1.82) is 0 Å². The molecule has 0 spiro atoms. The van der Waals surface area contributed by atoms with Gasteiger partial charge in [0.25, 0.3) is 0 Å². The number of fused-ring (bicyclic) bond motifs is 7. The average Bonchev–Trinajstić information content (AvgIpc) is 4.02. The average molecular weight is 978 g/mol. The van der Waals surface area contributed by atoms with Gasteiger partial charge >= 0.3 is 0 Å². The van der Waals surface area contributed by atoms with Crippen LogP contribution in [0.5, 0.6) is 0 Å². The first-order valence-electron chi connectivity index (χ1n) is 25.8. The molecule has 0 bridgehead atoms. The summed E-state index contributed by atoms with van der Waals surface area (Å²) < 4.78 is 0. The SMILES string of the molecule is C=C(c1ccccc1)c1nc(C(=O)c2ccccc2)nc(C2(c3cc(N(c4ccccc4)c4ccccc4)cc(N(c4ccccc4)c4ccccc4)c3)c3ccccc3-c3ccc4c(c32)C(C)(C)c2ccccc2-4)n1. The zero-order valence-corrected chi connectivity index (χ0v) is 42.2. The van der Waals surface area contributed by atoms with Crippen molar-refractivity contribution in [3.8, 4) is 22.3 Å². The molecule has 0 fully saturated rings. The number of carbonyl (C=O) groups excluding carboxylic acids is 1. The minimum absolute atomic E-state index is 0.0329. The van der Waals surface area contributed by atoms with Crippen molar-refractivity contribution in [3.63, 3.8) is 0 Å². The van der Waals surface area contributed by atoms with Crippen LogP contribution in [0.1, 0.15) is 75.1 Å². The predicted molar refractivity (Wildman–Crippen MR) is 309 cm³/mol. The topological polar surface area (TPSA) is 62.2 Å². The molecular formula is C70H51N5O. The lowest BCUT2D eigenvalue weighted by molar-refractivity contribution is 0.102. The van der Waals surface area contributed by atoms with E-state index in [1.807, 2.05) is 60.7 Å². The van der Waals surface area contributed by atoms with Crippen LogP contribution in [0.2, 0.25) is 0 Å². The van der Waals surface area contributed by atoms with Crippen molar-refractivity contribution in [2.75, 3.05) is 9.80 Å². The maximum absolute atomic E-state index is 15.2. The molecule has 0 radical (unpaired) electrons. The van der Waals surface area contributed by atoms with Gasteiger partial charge in [-0.05, 0) is 122 Å². The summed E-state index contributed by atoms with van der Waals surface area (Å²) in [5.41, 5.74) is 15.7. The Bertz CT molecular complexity index is 3750. The Morgan fingerprint density at radius 1 is 0.382 bits per heavy atom. The number of anilines is 6. The van der Waals surface area contributed by atoms with E-state index in [2.05, 4.69) is 230 Å². The van der Waals surface area contributed by atoms with Crippen molar-refractivity contribution in [1.82, 2.24) is 15.0 Å². The second-order valence-corrected chi connectivity index (χ2v) is 20.0. The molecular weight excluding hydrogens is 927 g/mol. The molecule has 0 N–H and O–H groups in total. The van der Waals surface area contributed by atoms with Gasteiger partial charge in [0.1, 0.15) is 5.41 Å². The molecule has 6 heteroatoms. The van der Waals surface area contributed by atoms with Crippen LogP contribution in [-0.2, 0) is 10.8 Å². The molecule has 76 heavy (non-hydrogen) atoms. The van der Waals surface area contributed by atoms with Crippen LogP contribution in [0.4, 0.5) is 34.1 Å². The number of hydrogen-bond acceptors (Lipinski definition) is 6. The summed E-state index contributed by atoms with van der Waals surface area (Å²) in [5.74, 6) is 0.454. The zero-order chi connectivity index (χ0) is 51.4. The third-order valence-corrected chi connectivity index (χ3v) is 15.2. The van der Waals surface area contributed by atoms with Gasteiger partial charge in [-0.25, -0.2) is 15.0 Å². The van der Waals surface area contributed by atoms with Crippen molar-refractivity contribution in [2.45, 2.75) is 24.7 Å². The minimum Gasteiger partial charge on any atom is -0.310 e. The number of para-hydroxylation sites is 4. The highest BCUT2D eigenvalue weighted by molar-refractivity contribution is 6.07. The normalized spacial score (nSPS) is 14.4. The van der Waals surface area contributed by atoms with E-state index in [1.54, 1.807) is 0 Å². The number of rotatable bonds is 12. The van der Waals surface area contributed by atoms with Crippen LogP contribution < -0.4 is 9.80 Å². The molecule has 10 aromatic carbocycles. The fourth-order valence-corrected chi connectivity index (χ4v) is 11.9.